The second-order valence-electron chi connectivity index (χ2n) is 6.97. The lowest BCUT2D eigenvalue weighted by Crippen LogP contribution is -2.29. The molecule has 0 N–H and O–H groups in total. The molecule has 4 heteroatoms. The number of ether oxygens (including phenoxy) is 2. The SMILES string of the molecule is C=C1C(=O)O[C@@H]2/C=C(\C)CC/C=C(\C)[C@@H](OC(=O)[C@H](C)CC)C[C@@H]12. The Morgan fingerprint density at radius 2 is 2.17 bits per heavy atom. The number of carbonyl (C=O) groups excluding carboxylic acids is 2. The molecule has 2 rings (SSSR count). The number of esters is 2. The van der Waals surface area contributed by atoms with Crippen molar-refractivity contribution in [3.8, 4) is 0 Å². The van der Waals surface area contributed by atoms with E-state index in [0.29, 0.717) is 12.0 Å². The Hall–Kier alpha value is -1.84. The highest BCUT2D eigenvalue weighted by molar-refractivity contribution is 5.91. The normalized spacial score (nSPS) is 33.4. The van der Waals surface area contributed by atoms with E-state index in [0.717, 1.165) is 24.8 Å². The van der Waals surface area contributed by atoms with E-state index in [9.17, 15) is 9.59 Å². The van der Waals surface area contributed by atoms with E-state index < -0.39 is 0 Å². The standard InChI is InChI=1S/C20H28O4/c1-6-13(3)19(21)23-17-11-16-15(5)20(22)24-18(16)10-12(2)8-7-9-14(17)4/h9-10,13,16-18H,5-8,11H2,1-4H3/b12-10+,14-9+/t13-,16+,17+,18-/m1/s1. The third kappa shape index (κ3) is 4.16. The quantitative estimate of drug-likeness (QED) is 0.443. The second-order valence-corrected chi connectivity index (χ2v) is 6.97. The van der Waals surface area contributed by atoms with Gasteiger partial charge < -0.3 is 9.47 Å². The molecule has 132 valence electrons. The van der Waals surface area contributed by atoms with Gasteiger partial charge in [0.05, 0.1) is 5.92 Å². The number of fused-ring (bicyclic) bond motifs is 1. The zero-order valence-electron chi connectivity index (χ0n) is 15.1. The van der Waals surface area contributed by atoms with Gasteiger partial charge in [0.15, 0.2) is 0 Å². The Morgan fingerprint density at radius 3 is 2.83 bits per heavy atom. The molecule has 1 heterocycles. The fourth-order valence-corrected chi connectivity index (χ4v) is 3.06. The van der Waals surface area contributed by atoms with Crippen molar-refractivity contribution < 1.29 is 19.1 Å². The Kier molecular flexibility index (Phi) is 6.03. The van der Waals surface area contributed by atoms with E-state index in [-0.39, 0.29) is 36.0 Å². The molecule has 0 aromatic heterocycles. The number of hydrogen-bond acceptors (Lipinski definition) is 4. The molecule has 2 aliphatic rings. The lowest BCUT2D eigenvalue weighted by atomic mass is 9.86. The van der Waals surface area contributed by atoms with Gasteiger partial charge in [0.25, 0.3) is 0 Å². The molecular formula is C20H28O4. The van der Waals surface area contributed by atoms with E-state index in [1.54, 1.807) is 0 Å². The summed E-state index contributed by atoms with van der Waals surface area (Å²) >= 11 is 0. The summed E-state index contributed by atoms with van der Waals surface area (Å²) in [4.78, 5) is 24.2. The predicted molar refractivity (Wildman–Crippen MR) is 93.2 cm³/mol. The summed E-state index contributed by atoms with van der Waals surface area (Å²) < 4.78 is 11.2. The maximum Gasteiger partial charge on any atom is 0.334 e. The first-order valence-corrected chi connectivity index (χ1v) is 8.77. The van der Waals surface area contributed by atoms with Crippen LogP contribution in [0.1, 0.15) is 53.4 Å². The topological polar surface area (TPSA) is 52.6 Å². The maximum atomic E-state index is 12.2. The second kappa shape index (κ2) is 7.82. The minimum absolute atomic E-state index is 0.129. The van der Waals surface area contributed by atoms with Crippen LogP contribution in [-0.2, 0) is 19.1 Å². The minimum atomic E-state index is -0.345. The molecule has 4 atom stereocenters. The van der Waals surface area contributed by atoms with Gasteiger partial charge in [-0.25, -0.2) is 4.79 Å². The summed E-state index contributed by atoms with van der Waals surface area (Å²) in [5.74, 6) is -0.812. The molecule has 0 aromatic rings. The summed E-state index contributed by atoms with van der Waals surface area (Å²) in [5, 5.41) is 0. The first-order valence-electron chi connectivity index (χ1n) is 8.77. The monoisotopic (exact) mass is 332 g/mol. The maximum absolute atomic E-state index is 12.2. The number of hydrogen-bond donors (Lipinski definition) is 0. The fourth-order valence-electron chi connectivity index (χ4n) is 3.06. The van der Waals surface area contributed by atoms with Crippen LogP contribution < -0.4 is 0 Å². The highest BCUT2D eigenvalue weighted by Crippen LogP contribution is 2.35. The van der Waals surface area contributed by atoms with Crippen molar-refractivity contribution in [3.05, 3.63) is 35.5 Å². The third-order valence-corrected chi connectivity index (χ3v) is 5.05. The van der Waals surface area contributed by atoms with Crippen molar-refractivity contribution in [2.24, 2.45) is 11.8 Å². The van der Waals surface area contributed by atoms with Gasteiger partial charge >= 0.3 is 11.9 Å². The van der Waals surface area contributed by atoms with Gasteiger partial charge in [0.2, 0.25) is 0 Å². The van der Waals surface area contributed by atoms with Gasteiger partial charge in [-0.1, -0.05) is 32.1 Å². The molecule has 1 aliphatic carbocycles. The highest BCUT2D eigenvalue weighted by Gasteiger charge is 2.40. The van der Waals surface area contributed by atoms with E-state index in [1.807, 2.05) is 26.8 Å². The van der Waals surface area contributed by atoms with Crippen LogP contribution in [0, 0.1) is 11.8 Å². The lowest BCUT2D eigenvalue weighted by molar-refractivity contribution is -0.152. The van der Waals surface area contributed by atoms with Gasteiger partial charge in [-0.3, -0.25) is 4.79 Å². The lowest BCUT2D eigenvalue weighted by Gasteiger charge is -2.26. The molecule has 0 unspecified atom stereocenters. The van der Waals surface area contributed by atoms with Crippen molar-refractivity contribution in [1.29, 1.82) is 0 Å². The fraction of sp³-hybridized carbons (Fsp3) is 0.600. The molecule has 0 spiro atoms. The number of carbonyl (C=O) groups is 2. The van der Waals surface area contributed by atoms with Crippen molar-refractivity contribution in [3.63, 3.8) is 0 Å². The Balaban J connectivity index is 2.26. The smallest absolute Gasteiger partial charge is 0.334 e. The van der Waals surface area contributed by atoms with Crippen LogP contribution in [0.2, 0.25) is 0 Å². The Labute approximate surface area is 144 Å². The minimum Gasteiger partial charge on any atom is -0.458 e. The molecule has 0 aromatic carbocycles. The van der Waals surface area contributed by atoms with E-state index in [2.05, 4.69) is 19.6 Å². The van der Waals surface area contributed by atoms with Crippen LogP contribution in [-0.4, -0.2) is 24.1 Å². The molecule has 24 heavy (non-hydrogen) atoms. The Bertz CT molecular complexity index is 584. The summed E-state index contributed by atoms with van der Waals surface area (Å²) in [7, 11) is 0. The summed E-state index contributed by atoms with van der Waals surface area (Å²) in [6.07, 6.45) is 6.57. The van der Waals surface area contributed by atoms with E-state index >= 15 is 0 Å². The first-order chi connectivity index (χ1) is 11.3. The van der Waals surface area contributed by atoms with Crippen LogP contribution in [0.3, 0.4) is 0 Å². The van der Waals surface area contributed by atoms with Crippen LogP contribution in [0.5, 0.6) is 0 Å². The van der Waals surface area contributed by atoms with Crippen LogP contribution in [0.15, 0.2) is 35.5 Å². The summed E-state index contributed by atoms with van der Waals surface area (Å²) in [6.45, 7) is 11.8. The molecule has 0 amide bonds. The van der Waals surface area contributed by atoms with E-state index in [1.165, 1.54) is 5.57 Å². The molecule has 0 bridgehead atoms. The van der Waals surface area contributed by atoms with Gasteiger partial charge in [0.1, 0.15) is 12.2 Å². The zero-order chi connectivity index (χ0) is 17.9. The van der Waals surface area contributed by atoms with E-state index in [4.69, 9.17) is 9.47 Å². The molecule has 0 radical (unpaired) electrons. The third-order valence-electron chi connectivity index (χ3n) is 5.05. The molecule has 0 saturated carbocycles. The van der Waals surface area contributed by atoms with Crippen LogP contribution in [0.4, 0.5) is 0 Å². The largest absolute Gasteiger partial charge is 0.458 e. The van der Waals surface area contributed by atoms with Gasteiger partial charge in [-0.15, -0.1) is 0 Å². The average molecular weight is 332 g/mol. The first kappa shape index (κ1) is 18.5. The van der Waals surface area contributed by atoms with Crippen molar-refractivity contribution in [2.45, 2.75) is 65.6 Å². The average Bonchev–Trinajstić information content (AvgIpc) is 2.79. The predicted octanol–water partition coefficient (Wildman–Crippen LogP) is 4.12. The van der Waals surface area contributed by atoms with Crippen molar-refractivity contribution >= 4 is 11.9 Å². The summed E-state index contributed by atoms with van der Waals surface area (Å²) in [5.41, 5.74) is 2.71. The van der Waals surface area contributed by atoms with Crippen molar-refractivity contribution in [1.82, 2.24) is 0 Å². The molecule has 1 saturated heterocycles. The Morgan fingerprint density at radius 1 is 1.46 bits per heavy atom. The van der Waals surface area contributed by atoms with Gasteiger partial charge in [-0.2, -0.15) is 0 Å². The summed E-state index contributed by atoms with van der Waals surface area (Å²) in [6, 6.07) is 0. The highest BCUT2D eigenvalue weighted by atomic mass is 16.6. The van der Waals surface area contributed by atoms with Crippen LogP contribution in [0.25, 0.3) is 0 Å². The van der Waals surface area contributed by atoms with Crippen molar-refractivity contribution in [2.75, 3.05) is 0 Å². The number of rotatable bonds is 3. The molecule has 1 aliphatic heterocycles. The zero-order valence-corrected chi connectivity index (χ0v) is 15.1. The van der Waals surface area contributed by atoms with Gasteiger partial charge in [-0.05, 0) is 51.2 Å². The molecule has 1 fully saturated rings. The van der Waals surface area contributed by atoms with Crippen LogP contribution >= 0.6 is 0 Å². The molecule has 4 nitrogen and oxygen atoms in total. The number of allylic oxidation sites excluding steroid dienone is 2. The molecular weight excluding hydrogens is 304 g/mol. The van der Waals surface area contributed by atoms with Gasteiger partial charge in [0, 0.05) is 11.5 Å².